The first kappa shape index (κ1) is 18.9. The predicted octanol–water partition coefficient (Wildman–Crippen LogP) is 4.36. The molecule has 0 saturated carbocycles. The van der Waals surface area contributed by atoms with Crippen LogP contribution in [0.4, 0.5) is 5.69 Å². The third kappa shape index (κ3) is 4.67. The largest absolute Gasteiger partial charge is 0.449 e. The smallest absolute Gasteiger partial charge is 0.342 e. The molecule has 0 aliphatic rings. The molecule has 1 aromatic heterocycles. The number of ether oxygens (including phenoxy) is 1. The van der Waals surface area contributed by atoms with E-state index in [2.05, 4.69) is 10.4 Å². The summed E-state index contributed by atoms with van der Waals surface area (Å²) in [6, 6.07) is 14.0. The van der Waals surface area contributed by atoms with Gasteiger partial charge in [0.15, 0.2) is 6.10 Å². The maximum absolute atomic E-state index is 12.3. The zero-order chi connectivity index (χ0) is 19.4. The highest BCUT2D eigenvalue weighted by molar-refractivity contribution is 6.35. The first-order valence-electron chi connectivity index (χ1n) is 8.01. The number of carbonyl (C=O) groups is 2. The number of halogens is 2. The van der Waals surface area contributed by atoms with Gasteiger partial charge in [0.1, 0.15) is 0 Å². The molecule has 8 heteroatoms. The van der Waals surface area contributed by atoms with Crippen LogP contribution in [0.25, 0.3) is 5.69 Å². The van der Waals surface area contributed by atoms with E-state index in [9.17, 15) is 9.59 Å². The van der Waals surface area contributed by atoms with Gasteiger partial charge in [0.25, 0.3) is 5.91 Å². The highest BCUT2D eigenvalue weighted by Gasteiger charge is 2.21. The van der Waals surface area contributed by atoms with Crippen molar-refractivity contribution in [2.75, 3.05) is 5.32 Å². The maximum atomic E-state index is 12.3. The first-order valence-corrected chi connectivity index (χ1v) is 8.76. The summed E-state index contributed by atoms with van der Waals surface area (Å²) in [5.41, 5.74) is 1.38. The zero-order valence-corrected chi connectivity index (χ0v) is 15.7. The number of para-hydroxylation sites is 1. The number of amides is 1. The van der Waals surface area contributed by atoms with Gasteiger partial charge in [0.2, 0.25) is 0 Å². The van der Waals surface area contributed by atoms with Crippen LogP contribution in [-0.2, 0) is 9.53 Å². The third-order valence-corrected chi connectivity index (χ3v) is 4.24. The number of anilines is 1. The van der Waals surface area contributed by atoms with Crippen molar-refractivity contribution < 1.29 is 14.3 Å². The lowest BCUT2D eigenvalue weighted by Gasteiger charge is -2.14. The van der Waals surface area contributed by atoms with E-state index in [1.165, 1.54) is 25.4 Å². The molecule has 0 saturated heterocycles. The molecule has 0 radical (unpaired) electrons. The van der Waals surface area contributed by atoms with Crippen LogP contribution in [0, 0.1) is 0 Å². The second-order valence-corrected chi connectivity index (χ2v) is 6.51. The number of benzene rings is 2. The van der Waals surface area contributed by atoms with Crippen molar-refractivity contribution in [3.63, 3.8) is 0 Å². The third-order valence-electron chi connectivity index (χ3n) is 3.68. The second-order valence-electron chi connectivity index (χ2n) is 5.67. The molecular weight excluding hydrogens is 389 g/mol. The Morgan fingerprint density at radius 1 is 1.15 bits per heavy atom. The van der Waals surface area contributed by atoms with Gasteiger partial charge in [0, 0.05) is 11.2 Å². The topological polar surface area (TPSA) is 73.2 Å². The van der Waals surface area contributed by atoms with E-state index in [-0.39, 0.29) is 5.56 Å². The molecular formula is C19H15Cl2N3O3. The lowest BCUT2D eigenvalue weighted by atomic mass is 10.3. The summed E-state index contributed by atoms with van der Waals surface area (Å²) in [5, 5.41) is 7.47. The molecule has 0 aliphatic carbocycles. The van der Waals surface area contributed by atoms with Gasteiger partial charge in [-0.3, -0.25) is 4.79 Å². The molecule has 0 spiro atoms. The minimum absolute atomic E-state index is 0.235. The molecule has 0 fully saturated rings. The monoisotopic (exact) mass is 403 g/mol. The number of carbonyl (C=O) groups excluding carboxylic acids is 2. The number of hydrogen-bond acceptors (Lipinski definition) is 4. The SMILES string of the molecule is CC(OC(=O)c1cnn(-c2ccccc2)c1)C(=O)Nc1cc(Cl)ccc1Cl. The van der Waals surface area contributed by atoms with E-state index in [4.69, 9.17) is 27.9 Å². The van der Waals surface area contributed by atoms with Gasteiger partial charge < -0.3 is 10.1 Å². The molecule has 27 heavy (non-hydrogen) atoms. The maximum Gasteiger partial charge on any atom is 0.342 e. The summed E-state index contributed by atoms with van der Waals surface area (Å²) in [6.45, 7) is 1.47. The molecule has 1 unspecified atom stereocenters. The quantitative estimate of drug-likeness (QED) is 0.642. The Kier molecular flexibility index (Phi) is 5.78. The molecule has 1 heterocycles. The average Bonchev–Trinajstić information content (AvgIpc) is 3.15. The standard InChI is InChI=1S/C19H15Cl2N3O3/c1-12(18(25)23-17-9-14(20)7-8-16(17)21)27-19(26)13-10-22-24(11-13)15-5-3-2-4-6-15/h2-12H,1H3,(H,23,25). The van der Waals surface area contributed by atoms with E-state index < -0.39 is 18.0 Å². The van der Waals surface area contributed by atoms with Crippen molar-refractivity contribution in [1.29, 1.82) is 0 Å². The van der Waals surface area contributed by atoms with Gasteiger partial charge in [-0.25, -0.2) is 9.48 Å². The molecule has 0 bridgehead atoms. The summed E-state index contributed by atoms with van der Waals surface area (Å²) in [5.74, 6) is -1.18. The fourth-order valence-corrected chi connectivity index (χ4v) is 2.60. The van der Waals surface area contributed by atoms with Gasteiger partial charge in [-0.1, -0.05) is 41.4 Å². The Hall–Kier alpha value is -2.83. The molecule has 2 aromatic carbocycles. The first-order chi connectivity index (χ1) is 12.9. The van der Waals surface area contributed by atoms with Crippen molar-refractivity contribution in [2.45, 2.75) is 13.0 Å². The van der Waals surface area contributed by atoms with Crippen LogP contribution < -0.4 is 5.32 Å². The molecule has 3 rings (SSSR count). The molecule has 6 nitrogen and oxygen atoms in total. The number of hydrogen-bond donors (Lipinski definition) is 1. The summed E-state index contributed by atoms with van der Waals surface area (Å²) in [4.78, 5) is 24.5. The van der Waals surface area contributed by atoms with Crippen molar-refractivity contribution >= 4 is 40.8 Å². The van der Waals surface area contributed by atoms with E-state index >= 15 is 0 Å². The van der Waals surface area contributed by atoms with Gasteiger partial charge in [-0.15, -0.1) is 0 Å². The van der Waals surface area contributed by atoms with Crippen LogP contribution in [0.3, 0.4) is 0 Å². The molecule has 3 aromatic rings. The average molecular weight is 404 g/mol. The molecule has 1 amide bonds. The number of nitrogens with one attached hydrogen (secondary N) is 1. The van der Waals surface area contributed by atoms with E-state index in [0.717, 1.165) is 5.69 Å². The van der Waals surface area contributed by atoms with E-state index in [1.54, 1.807) is 16.8 Å². The Labute approximate surface area is 165 Å². The van der Waals surface area contributed by atoms with Crippen LogP contribution in [-0.4, -0.2) is 27.8 Å². The summed E-state index contributed by atoms with van der Waals surface area (Å²) in [6.07, 6.45) is 1.89. The normalized spacial score (nSPS) is 11.7. The number of nitrogens with zero attached hydrogens (tertiary/aromatic N) is 2. The Morgan fingerprint density at radius 2 is 1.89 bits per heavy atom. The second kappa shape index (κ2) is 8.24. The van der Waals surface area contributed by atoms with Crippen LogP contribution in [0.5, 0.6) is 0 Å². The van der Waals surface area contributed by atoms with Crippen LogP contribution >= 0.6 is 23.2 Å². The summed E-state index contributed by atoms with van der Waals surface area (Å²) < 4.78 is 6.76. The number of aromatic nitrogens is 2. The van der Waals surface area contributed by atoms with Gasteiger partial charge in [0.05, 0.1) is 28.2 Å². The van der Waals surface area contributed by atoms with Gasteiger partial charge in [-0.05, 0) is 37.3 Å². The van der Waals surface area contributed by atoms with Gasteiger partial charge in [-0.2, -0.15) is 5.10 Å². The molecule has 0 aliphatic heterocycles. The number of esters is 1. The lowest BCUT2D eigenvalue weighted by Crippen LogP contribution is -2.30. The van der Waals surface area contributed by atoms with Crippen LogP contribution in [0.1, 0.15) is 17.3 Å². The van der Waals surface area contributed by atoms with E-state index in [0.29, 0.717) is 15.7 Å². The summed E-state index contributed by atoms with van der Waals surface area (Å²) in [7, 11) is 0. The highest BCUT2D eigenvalue weighted by atomic mass is 35.5. The fraction of sp³-hybridized carbons (Fsp3) is 0.105. The lowest BCUT2D eigenvalue weighted by molar-refractivity contribution is -0.123. The minimum Gasteiger partial charge on any atom is -0.449 e. The molecule has 1 atom stereocenters. The Balaban J connectivity index is 1.64. The van der Waals surface area contributed by atoms with Crippen LogP contribution in [0.2, 0.25) is 10.0 Å². The van der Waals surface area contributed by atoms with Crippen molar-refractivity contribution in [3.05, 3.63) is 76.5 Å². The Bertz CT molecular complexity index is 973. The highest BCUT2D eigenvalue weighted by Crippen LogP contribution is 2.25. The van der Waals surface area contributed by atoms with Crippen molar-refractivity contribution in [2.24, 2.45) is 0 Å². The molecule has 138 valence electrons. The minimum atomic E-state index is -1.03. The molecule has 1 N–H and O–H groups in total. The van der Waals surface area contributed by atoms with Crippen molar-refractivity contribution in [1.82, 2.24) is 9.78 Å². The van der Waals surface area contributed by atoms with E-state index in [1.807, 2.05) is 30.3 Å². The predicted molar refractivity (Wildman–Crippen MR) is 104 cm³/mol. The Morgan fingerprint density at radius 3 is 2.63 bits per heavy atom. The fourth-order valence-electron chi connectivity index (χ4n) is 2.26. The van der Waals surface area contributed by atoms with Crippen molar-refractivity contribution in [3.8, 4) is 5.69 Å². The summed E-state index contributed by atoms with van der Waals surface area (Å²) >= 11 is 11.9. The van der Waals surface area contributed by atoms with Crippen LogP contribution in [0.15, 0.2) is 60.9 Å². The number of rotatable bonds is 5. The van der Waals surface area contributed by atoms with Gasteiger partial charge >= 0.3 is 5.97 Å². The zero-order valence-electron chi connectivity index (χ0n) is 14.2.